The van der Waals surface area contributed by atoms with Gasteiger partial charge in [-0.3, -0.25) is 14.9 Å². The predicted molar refractivity (Wildman–Crippen MR) is 500 cm³/mol. The fourth-order valence-electron chi connectivity index (χ4n) is 12.1. The van der Waals surface area contributed by atoms with Crippen LogP contribution in [0.4, 0.5) is 50.9 Å². The summed E-state index contributed by atoms with van der Waals surface area (Å²) in [4.78, 5) is 13.2. The quantitative estimate of drug-likeness (QED) is 0.00761. The van der Waals surface area contributed by atoms with Crippen LogP contribution in [0.15, 0.2) is 354 Å². The van der Waals surface area contributed by atoms with Gasteiger partial charge in [0.15, 0.2) is 44.5 Å². The number of carbonyl (C=O) groups is 1. The number of benzene rings is 16. The number of para-hydroxylation sites is 1. The molecule has 0 unspecified atom stereocenters. The maximum absolute atomic E-state index is 12.4. The summed E-state index contributed by atoms with van der Waals surface area (Å²) in [6.45, 7) is 13.0. The molecule has 36 heteroatoms. The summed E-state index contributed by atoms with van der Waals surface area (Å²) >= 11 is 12.4. The molecule has 0 saturated heterocycles. The maximum atomic E-state index is 12.4. The van der Waals surface area contributed by atoms with Crippen LogP contribution in [0.25, 0.3) is 32.3 Å². The number of methoxy groups -OCH3 is 3. The van der Waals surface area contributed by atoms with E-state index in [-0.39, 0.29) is 80.7 Å². The van der Waals surface area contributed by atoms with Crippen molar-refractivity contribution in [3.05, 3.63) is 434 Å². The number of ketones is 1. The second-order valence-corrected chi connectivity index (χ2v) is 46.4. The van der Waals surface area contributed by atoms with Crippen LogP contribution in [0, 0.1) is 70.1 Å². The van der Waals surface area contributed by atoms with Crippen LogP contribution in [0.5, 0.6) is 17.2 Å². The Labute approximate surface area is 858 Å². The van der Waals surface area contributed by atoms with E-state index in [2.05, 4.69) is 175 Å². The van der Waals surface area contributed by atoms with Crippen LogP contribution in [-0.2, 0) is 51.3 Å². The third kappa shape index (κ3) is 36.4. The molecule has 0 bridgehead atoms. The van der Waals surface area contributed by atoms with Crippen molar-refractivity contribution in [2.45, 2.75) is 74.1 Å². The van der Waals surface area contributed by atoms with E-state index < -0.39 is 75.3 Å². The molecule has 16 rings (SSSR count). The zero-order chi connectivity index (χ0) is 101. The standard InChI is InChI=1S/C16H18I.C16H13NO3S.C16H14O5S.C14H8F6I.C14H14I.C14H12O5S.C12H8Cl2I.CHF3O3S/c1-11-5-7-15(9-13(11)3)17-16-8-6-12(2)14(4)10-16;18-19-20-21-14-10-9-12-5-4-8-16(15(12)11-14)17-13-6-2-1-3-7-13;1-18-15-11-5-3-4-6-12(11)16(19-2)14-9-10(22-21-20-17)7-8-13(14)15;15-13(16,17)9-1-5-11(6-2-9)21-12-7-3-10(4-8-12)14(18,19)20;1-11-3-7-13(8-4-11)15-14-9-5-12(2)6-10-14;1-19-12-8-7-11(9-13(12)20(16,17)18)14(15)10-5-3-2-4-6-10;13-9-1-5-11(6-2-9)15-12-7-3-10(14)4-8-12;2-1(3,4)8(5,6)7/h5-10H,1-4H3;1-11,17-18H;3-9,17H,1-2H3;1-8H;3-10H,1-2H3;2-9H,1H3,(H,16,17,18);1-8H;(H,5,6,7)/q+1;;;2*+1;;+1;/p-4. The Hall–Kier alpha value is -9.68. The Morgan fingerprint density at radius 3 is 1.12 bits per heavy atom. The zero-order valence-electron chi connectivity index (χ0n) is 74.7. The van der Waals surface area contributed by atoms with Gasteiger partial charge in [0.05, 0.1) is 61.4 Å². The number of aryl methyl sites for hydroxylation is 6. The first kappa shape index (κ1) is 113. The van der Waals surface area contributed by atoms with E-state index in [1.54, 1.807) is 44.6 Å². The van der Waals surface area contributed by atoms with Crippen molar-refractivity contribution >= 4 is 117 Å². The minimum Gasteiger partial charge on any atom is -0.744 e. The number of ether oxygens (including phenoxy) is 3. The highest BCUT2D eigenvalue weighted by Crippen LogP contribution is 2.44. The van der Waals surface area contributed by atoms with Crippen molar-refractivity contribution in [2.24, 2.45) is 0 Å². The second kappa shape index (κ2) is 54.5. The van der Waals surface area contributed by atoms with Gasteiger partial charge >= 0.3 is 103 Å². The zero-order valence-corrected chi connectivity index (χ0v) is 88.1. The van der Waals surface area contributed by atoms with Crippen LogP contribution in [0.2, 0.25) is 10.0 Å². The van der Waals surface area contributed by atoms with Crippen molar-refractivity contribution in [2.75, 3.05) is 26.6 Å². The van der Waals surface area contributed by atoms with Crippen LogP contribution >= 0.6 is 47.3 Å². The van der Waals surface area contributed by atoms with Gasteiger partial charge < -0.3 is 39.1 Å². The molecule has 0 amide bonds. The molecule has 726 valence electrons. The third-order valence-corrected chi connectivity index (χ3v) is 33.0. The lowest BCUT2D eigenvalue weighted by atomic mass is 10.0. The summed E-state index contributed by atoms with van der Waals surface area (Å²) in [5.41, 5.74) is 3.69. The lowest BCUT2D eigenvalue weighted by molar-refractivity contribution is -0.777. The topological polar surface area (TPSA) is 254 Å². The molecule has 0 atom stereocenters. The van der Waals surface area contributed by atoms with Gasteiger partial charge in [0.1, 0.15) is 27.4 Å². The van der Waals surface area contributed by atoms with Gasteiger partial charge in [-0.25, -0.2) is 16.8 Å². The van der Waals surface area contributed by atoms with Crippen molar-refractivity contribution < 1.29 is 199 Å². The Balaban J connectivity index is 0.000000180. The van der Waals surface area contributed by atoms with E-state index >= 15 is 0 Å². The molecular weight excluding hydrogens is 2380 g/mol. The van der Waals surface area contributed by atoms with Gasteiger partial charge in [0.2, 0.25) is 0 Å². The lowest BCUT2D eigenvalue weighted by Crippen LogP contribution is -3.61. The molecule has 0 aliphatic rings. The van der Waals surface area contributed by atoms with Gasteiger partial charge in [0.25, 0.3) is 0 Å². The predicted octanol–water partition coefficient (Wildman–Crippen LogP) is 13.4. The molecule has 0 aromatic heterocycles. The number of fused-ring (bicyclic) bond motifs is 3. The van der Waals surface area contributed by atoms with E-state index in [0.717, 1.165) is 129 Å². The van der Waals surface area contributed by atoms with Crippen LogP contribution in [0.3, 0.4) is 0 Å². The average molecular weight is 2470 g/mol. The smallest absolute Gasteiger partial charge is 0.485 e. The van der Waals surface area contributed by atoms with Gasteiger partial charge in [-0.05, 0) is 282 Å². The van der Waals surface area contributed by atoms with Gasteiger partial charge in [-0.15, -0.1) is 0 Å². The van der Waals surface area contributed by atoms with Crippen LogP contribution < -0.4 is 115 Å². The highest BCUT2D eigenvalue weighted by atomic mass is 127. The highest BCUT2D eigenvalue weighted by Gasteiger charge is 2.37. The first-order valence-electron chi connectivity index (χ1n) is 40.7. The number of nitrogens with one attached hydrogen (secondary N) is 1. The minimum atomic E-state index is -6.09. The van der Waals surface area contributed by atoms with Crippen LogP contribution in [-0.4, -0.2) is 58.6 Å². The number of anilines is 2. The van der Waals surface area contributed by atoms with E-state index in [0.29, 0.717) is 12.7 Å². The van der Waals surface area contributed by atoms with Gasteiger partial charge in [-0.1, -0.05) is 162 Å². The van der Waals surface area contributed by atoms with E-state index in [1.807, 2.05) is 133 Å². The number of halogens is 15. The number of hydrogen-bond acceptors (Lipinski definition) is 19. The second-order valence-electron chi connectivity index (χ2n) is 29.2. The SMILES string of the molecule is COc1c2ccccc2c(OC)c2cc(SOO[O-])ccc12.COc1ccc(C(=O)c2ccccc2)cc1S(=O)(=O)[O-].Cc1ccc([I+]c2ccc(C)c(C)c2)cc1C.Cc1ccc([I+]c2ccc(C)cc2)cc1.Clc1ccc([I+]c2ccc(Cl)cc2)cc1.FC(F)(F)c1ccc([I+]c2ccc(C(F)(F)F)cc2)cc1.O=S(=O)([O-])C(F)(F)F.[O-]OOSc1ccc2cccc(Nc3ccccc3)c2c1. The van der Waals surface area contributed by atoms with Crippen molar-refractivity contribution in [3.63, 3.8) is 0 Å². The summed E-state index contributed by atoms with van der Waals surface area (Å²) < 4.78 is 202. The molecular formula is C103H84Cl2F9I4NO16S4. The lowest BCUT2D eigenvalue weighted by Gasteiger charge is -2.15. The maximum Gasteiger partial charge on any atom is 0.485 e. The number of rotatable bonds is 22. The monoisotopic (exact) mass is 2470 g/mol. The molecule has 0 saturated carbocycles. The fraction of sp³-hybridized carbons (Fsp3) is 0.117. The minimum absolute atomic E-state index is 0.00313. The van der Waals surface area contributed by atoms with Crippen LogP contribution in [0.1, 0.15) is 60.4 Å². The number of carbonyl (C=O) groups excluding carboxylic acids is 1. The first-order valence-corrected chi connectivity index (χ1v) is 54.4. The molecule has 0 fully saturated rings. The number of hydrogen-bond donors (Lipinski definition) is 1. The summed E-state index contributed by atoms with van der Waals surface area (Å²) in [6, 6.07) is 104. The number of alkyl halides is 9. The molecule has 0 radical (unpaired) electrons. The Bertz CT molecular complexity index is 6670. The molecule has 1 N–H and O–H groups in total. The first-order chi connectivity index (χ1) is 66.0. The molecule has 0 aliphatic carbocycles. The molecule has 139 heavy (non-hydrogen) atoms. The van der Waals surface area contributed by atoms with E-state index in [9.17, 15) is 67.8 Å². The molecule has 0 heterocycles. The molecule has 16 aromatic rings. The molecule has 0 aliphatic heterocycles. The average Bonchev–Trinajstić information content (AvgIpc) is 0.750. The van der Waals surface area contributed by atoms with E-state index in [1.165, 1.54) is 98.3 Å². The van der Waals surface area contributed by atoms with E-state index in [4.69, 9.17) is 50.4 Å². The van der Waals surface area contributed by atoms with Crippen molar-refractivity contribution in [1.29, 1.82) is 0 Å². The Kier molecular flexibility index (Phi) is 44.3. The highest BCUT2D eigenvalue weighted by molar-refractivity contribution is 7.94. The van der Waals surface area contributed by atoms with Crippen molar-refractivity contribution in [1.82, 2.24) is 0 Å². The Morgan fingerprint density at radius 1 is 0.360 bits per heavy atom. The molecule has 0 spiro atoms. The fourth-order valence-corrected chi connectivity index (χ4v) is 23.0. The largest absolute Gasteiger partial charge is 0.744 e. The Morgan fingerprint density at radius 2 is 0.727 bits per heavy atom. The third-order valence-electron chi connectivity index (χ3n) is 19.3. The normalized spacial score (nSPS) is 11.2. The summed E-state index contributed by atoms with van der Waals surface area (Å²) in [6.07, 6.45) is -8.77. The van der Waals surface area contributed by atoms with Gasteiger partial charge in [0, 0.05) is 69.3 Å². The van der Waals surface area contributed by atoms with Crippen molar-refractivity contribution in [3.8, 4) is 17.2 Å². The van der Waals surface area contributed by atoms with Gasteiger partial charge in [-0.2, -0.15) is 48.2 Å². The molecule has 17 nitrogen and oxygen atoms in total. The summed E-state index contributed by atoms with van der Waals surface area (Å²) in [5.74, 6) is 1.09. The summed E-state index contributed by atoms with van der Waals surface area (Å²) in [7, 11) is -6.28. The summed E-state index contributed by atoms with van der Waals surface area (Å²) in [5, 5.41) is 37.5. The molecule has 16 aromatic carbocycles.